The molecule has 0 bridgehead atoms. The van der Waals surface area contributed by atoms with E-state index in [2.05, 4.69) is 10.4 Å². The van der Waals surface area contributed by atoms with Crippen LogP contribution in [0.5, 0.6) is 0 Å². The summed E-state index contributed by atoms with van der Waals surface area (Å²) >= 11 is 0. The van der Waals surface area contributed by atoms with Gasteiger partial charge in [0.15, 0.2) is 0 Å². The standard InChI is InChI=1S/C9H15N3O/c1-4-12-9(13)8(6-10-3)5-7(2)11-12/h5,10H,4,6H2,1-3H3. The van der Waals surface area contributed by atoms with Crippen molar-refractivity contribution in [3.63, 3.8) is 0 Å². The molecular formula is C9H15N3O. The molecule has 0 spiro atoms. The van der Waals surface area contributed by atoms with Gasteiger partial charge < -0.3 is 5.32 Å². The molecular weight excluding hydrogens is 166 g/mol. The predicted molar refractivity (Wildman–Crippen MR) is 51.7 cm³/mol. The van der Waals surface area contributed by atoms with E-state index in [9.17, 15) is 4.79 Å². The van der Waals surface area contributed by atoms with Gasteiger partial charge in [-0.3, -0.25) is 4.79 Å². The number of nitrogens with zero attached hydrogens (tertiary/aromatic N) is 2. The maximum Gasteiger partial charge on any atom is 0.271 e. The largest absolute Gasteiger partial charge is 0.315 e. The van der Waals surface area contributed by atoms with Gasteiger partial charge in [0, 0.05) is 18.7 Å². The van der Waals surface area contributed by atoms with Crippen LogP contribution in [0, 0.1) is 6.92 Å². The number of hydrogen-bond donors (Lipinski definition) is 1. The van der Waals surface area contributed by atoms with Crippen molar-refractivity contribution < 1.29 is 0 Å². The van der Waals surface area contributed by atoms with E-state index in [1.807, 2.05) is 27.0 Å². The van der Waals surface area contributed by atoms with Gasteiger partial charge in [-0.15, -0.1) is 0 Å². The molecule has 1 aromatic rings. The van der Waals surface area contributed by atoms with Crippen LogP contribution in [0.25, 0.3) is 0 Å². The maximum atomic E-state index is 11.6. The zero-order valence-corrected chi connectivity index (χ0v) is 8.29. The minimum absolute atomic E-state index is 0.00227. The Morgan fingerprint density at radius 2 is 2.31 bits per heavy atom. The Hall–Kier alpha value is -1.16. The van der Waals surface area contributed by atoms with Crippen LogP contribution in [-0.2, 0) is 13.1 Å². The summed E-state index contributed by atoms with van der Waals surface area (Å²) in [5.74, 6) is 0. The Bertz CT molecular complexity index is 343. The van der Waals surface area contributed by atoms with Crippen LogP contribution < -0.4 is 10.9 Å². The summed E-state index contributed by atoms with van der Waals surface area (Å²) in [5.41, 5.74) is 1.66. The first-order valence-corrected chi connectivity index (χ1v) is 4.41. The molecule has 1 N–H and O–H groups in total. The van der Waals surface area contributed by atoms with Crippen molar-refractivity contribution in [2.75, 3.05) is 7.05 Å². The molecule has 0 atom stereocenters. The third-order valence-electron chi connectivity index (χ3n) is 1.84. The highest BCUT2D eigenvalue weighted by Crippen LogP contribution is 1.94. The highest BCUT2D eigenvalue weighted by Gasteiger charge is 2.03. The molecule has 1 rings (SSSR count). The third kappa shape index (κ3) is 2.15. The molecule has 4 heteroatoms. The number of aryl methyl sites for hydroxylation is 2. The van der Waals surface area contributed by atoms with Gasteiger partial charge in [0.25, 0.3) is 5.56 Å². The van der Waals surface area contributed by atoms with E-state index in [1.165, 1.54) is 4.68 Å². The summed E-state index contributed by atoms with van der Waals surface area (Å²) in [7, 11) is 1.82. The maximum absolute atomic E-state index is 11.6. The summed E-state index contributed by atoms with van der Waals surface area (Å²) in [6.07, 6.45) is 0. The van der Waals surface area contributed by atoms with Gasteiger partial charge in [0.05, 0.1) is 5.69 Å². The second-order valence-corrected chi connectivity index (χ2v) is 2.96. The Labute approximate surface area is 77.6 Å². The molecule has 1 aromatic heterocycles. The van der Waals surface area contributed by atoms with E-state index in [4.69, 9.17) is 0 Å². The summed E-state index contributed by atoms with van der Waals surface area (Å²) in [5, 5.41) is 7.07. The van der Waals surface area contributed by atoms with Gasteiger partial charge >= 0.3 is 0 Å². The fraction of sp³-hybridized carbons (Fsp3) is 0.556. The molecule has 13 heavy (non-hydrogen) atoms. The summed E-state index contributed by atoms with van der Waals surface area (Å²) in [6.45, 7) is 5.03. The van der Waals surface area contributed by atoms with E-state index in [0.29, 0.717) is 13.1 Å². The molecule has 0 aliphatic rings. The topological polar surface area (TPSA) is 46.9 Å². The molecule has 1 heterocycles. The van der Waals surface area contributed by atoms with Crippen molar-refractivity contribution in [1.29, 1.82) is 0 Å². The molecule has 0 aromatic carbocycles. The Balaban J connectivity index is 3.19. The molecule has 0 aliphatic carbocycles. The Morgan fingerprint density at radius 1 is 1.62 bits per heavy atom. The zero-order chi connectivity index (χ0) is 9.84. The van der Waals surface area contributed by atoms with Crippen LogP contribution in [0.2, 0.25) is 0 Å². The lowest BCUT2D eigenvalue weighted by molar-refractivity contribution is 0.592. The van der Waals surface area contributed by atoms with Gasteiger partial charge in [-0.25, -0.2) is 4.68 Å². The fourth-order valence-electron chi connectivity index (χ4n) is 1.28. The van der Waals surface area contributed by atoms with E-state index in [1.54, 1.807) is 0 Å². The number of aromatic nitrogens is 2. The van der Waals surface area contributed by atoms with Gasteiger partial charge in [-0.1, -0.05) is 0 Å². The van der Waals surface area contributed by atoms with Crippen LogP contribution in [0.4, 0.5) is 0 Å². The monoisotopic (exact) mass is 181 g/mol. The molecule has 0 unspecified atom stereocenters. The molecule has 0 aliphatic heterocycles. The molecule has 0 amide bonds. The van der Waals surface area contributed by atoms with Gasteiger partial charge in [0.2, 0.25) is 0 Å². The van der Waals surface area contributed by atoms with E-state index >= 15 is 0 Å². The van der Waals surface area contributed by atoms with E-state index in [-0.39, 0.29) is 5.56 Å². The zero-order valence-electron chi connectivity index (χ0n) is 8.29. The highest BCUT2D eigenvalue weighted by atomic mass is 16.1. The van der Waals surface area contributed by atoms with Crippen LogP contribution in [0.15, 0.2) is 10.9 Å². The van der Waals surface area contributed by atoms with Gasteiger partial charge in [-0.2, -0.15) is 5.10 Å². The second kappa shape index (κ2) is 4.18. The molecule has 0 saturated heterocycles. The van der Waals surface area contributed by atoms with Crippen LogP contribution in [0.3, 0.4) is 0 Å². The Kier molecular flexibility index (Phi) is 3.19. The van der Waals surface area contributed by atoms with Crippen molar-refractivity contribution in [3.8, 4) is 0 Å². The molecule has 72 valence electrons. The van der Waals surface area contributed by atoms with Crippen LogP contribution in [-0.4, -0.2) is 16.8 Å². The summed E-state index contributed by atoms with van der Waals surface area (Å²) in [6, 6.07) is 1.82. The van der Waals surface area contributed by atoms with Crippen molar-refractivity contribution >= 4 is 0 Å². The first kappa shape index (κ1) is 9.92. The summed E-state index contributed by atoms with van der Waals surface area (Å²) in [4.78, 5) is 11.6. The average Bonchev–Trinajstić information content (AvgIpc) is 2.11. The van der Waals surface area contributed by atoms with Crippen molar-refractivity contribution in [2.45, 2.75) is 26.9 Å². The van der Waals surface area contributed by atoms with Crippen molar-refractivity contribution in [1.82, 2.24) is 15.1 Å². The Morgan fingerprint density at radius 3 is 2.85 bits per heavy atom. The molecule has 0 radical (unpaired) electrons. The number of hydrogen-bond acceptors (Lipinski definition) is 3. The van der Waals surface area contributed by atoms with Gasteiger partial charge in [0.1, 0.15) is 0 Å². The lowest BCUT2D eigenvalue weighted by atomic mass is 10.2. The van der Waals surface area contributed by atoms with E-state index in [0.717, 1.165) is 11.3 Å². The fourth-order valence-corrected chi connectivity index (χ4v) is 1.28. The first-order chi connectivity index (χ1) is 6.19. The van der Waals surface area contributed by atoms with E-state index < -0.39 is 0 Å². The SMILES string of the molecule is CCn1nc(C)cc(CNC)c1=O. The average molecular weight is 181 g/mol. The van der Waals surface area contributed by atoms with Crippen LogP contribution >= 0.6 is 0 Å². The molecule has 0 fully saturated rings. The minimum atomic E-state index is 0.00227. The first-order valence-electron chi connectivity index (χ1n) is 4.41. The van der Waals surface area contributed by atoms with Crippen molar-refractivity contribution in [3.05, 3.63) is 27.7 Å². The highest BCUT2D eigenvalue weighted by molar-refractivity contribution is 5.12. The second-order valence-electron chi connectivity index (χ2n) is 2.96. The molecule has 4 nitrogen and oxygen atoms in total. The minimum Gasteiger partial charge on any atom is -0.315 e. The molecule has 0 saturated carbocycles. The number of rotatable bonds is 3. The third-order valence-corrected chi connectivity index (χ3v) is 1.84. The lowest BCUT2D eigenvalue weighted by Crippen LogP contribution is -2.28. The number of nitrogens with one attached hydrogen (secondary N) is 1. The predicted octanol–water partition coefficient (Wildman–Crippen LogP) is 0.291. The normalized spacial score (nSPS) is 10.4. The van der Waals surface area contributed by atoms with Gasteiger partial charge in [-0.05, 0) is 27.0 Å². The lowest BCUT2D eigenvalue weighted by Gasteiger charge is -2.05. The summed E-state index contributed by atoms with van der Waals surface area (Å²) < 4.78 is 1.49. The quantitative estimate of drug-likeness (QED) is 0.729. The van der Waals surface area contributed by atoms with Crippen LogP contribution in [0.1, 0.15) is 18.2 Å². The smallest absolute Gasteiger partial charge is 0.271 e. The van der Waals surface area contributed by atoms with Crippen molar-refractivity contribution in [2.24, 2.45) is 0 Å².